The van der Waals surface area contributed by atoms with Gasteiger partial charge in [0.2, 0.25) is 5.88 Å². The molecule has 19 heavy (non-hydrogen) atoms. The second kappa shape index (κ2) is 5.37. The van der Waals surface area contributed by atoms with Crippen LogP contribution in [0.5, 0.6) is 5.88 Å². The molecular formula is C14H16ClNO3. The van der Waals surface area contributed by atoms with Gasteiger partial charge in [-0.3, -0.25) is 0 Å². The Labute approximate surface area is 117 Å². The number of nitrogens with zero attached hydrogens (tertiary/aromatic N) is 1. The number of hydrogen-bond donors (Lipinski definition) is 0. The molecule has 0 saturated heterocycles. The molecule has 0 N–H and O–H groups in total. The maximum Gasteiger partial charge on any atom is 0.343 e. The van der Waals surface area contributed by atoms with Crippen LogP contribution in [0.3, 0.4) is 0 Å². The van der Waals surface area contributed by atoms with Gasteiger partial charge in [0.15, 0.2) is 0 Å². The van der Waals surface area contributed by atoms with E-state index < -0.39 is 0 Å². The van der Waals surface area contributed by atoms with Gasteiger partial charge in [-0.25, -0.2) is 9.78 Å². The van der Waals surface area contributed by atoms with Crippen molar-refractivity contribution in [2.75, 3.05) is 0 Å². The van der Waals surface area contributed by atoms with E-state index in [1.54, 1.807) is 12.1 Å². The monoisotopic (exact) mass is 281 g/mol. The highest BCUT2D eigenvalue weighted by Gasteiger charge is 2.27. The van der Waals surface area contributed by atoms with E-state index in [1.165, 1.54) is 0 Å². The molecule has 2 fully saturated rings. The molecule has 0 unspecified atom stereocenters. The largest absolute Gasteiger partial charge is 0.474 e. The zero-order chi connectivity index (χ0) is 13.2. The highest BCUT2D eigenvalue weighted by atomic mass is 35.5. The molecule has 4 nitrogen and oxygen atoms in total. The van der Waals surface area contributed by atoms with Gasteiger partial charge in [-0.2, -0.15) is 0 Å². The molecule has 1 aromatic heterocycles. The molecule has 2 saturated carbocycles. The van der Waals surface area contributed by atoms with Crippen molar-refractivity contribution in [2.24, 2.45) is 0 Å². The third-order valence-corrected chi connectivity index (χ3v) is 3.91. The highest BCUT2D eigenvalue weighted by Crippen LogP contribution is 2.29. The van der Waals surface area contributed by atoms with Gasteiger partial charge in [0.25, 0.3) is 0 Å². The van der Waals surface area contributed by atoms with Crippen molar-refractivity contribution in [1.29, 1.82) is 0 Å². The molecule has 2 aliphatic rings. The first-order valence-electron chi connectivity index (χ1n) is 6.76. The van der Waals surface area contributed by atoms with Crippen LogP contribution in [0.25, 0.3) is 0 Å². The SMILES string of the molecule is O=C(OC1CCC1)c1ccc(Cl)nc1OC1CCC1. The van der Waals surface area contributed by atoms with Crippen LogP contribution in [0.15, 0.2) is 12.1 Å². The van der Waals surface area contributed by atoms with Gasteiger partial charge >= 0.3 is 5.97 Å². The second-order valence-corrected chi connectivity index (χ2v) is 5.50. The van der Waals surface area contributed by atoms with E-state index in [4.69, 9.17) is 21.1 Å². The van der Waals surface area contributed by atoms with E-state index in [9.17, 15) is 4.79 Å². The highest BCUT2D eigenvalue weighted by molar-refractivity contribution is 6.29. The molecule has 0 aromatic carbocycles. The summed E-state index contributed by atoms with van der Waals surface area (Å²) in [4.78, 5) is 16.2. The van der Waals surface area contributed by atoms with Gasteiger partial charge < -0.3 is 9.47 Å². The molecule has 1 heterocycles. The van der Waals surface area contributed by atoms with Crippen molar-refractivity contribution >= 4 is 17.6 Å². The van der Waals surface area contributed by atoms with Crippen LogP contribution in [-0.4, -0.2) is 23.2 Å². The lowest BCUT2D eigenvalue weighted by molar-refractivity contribution is 0.00805. The summed E-state index contributed by atoms with van der Waals surface area (Å²) in [6.45, 7) is 0. The van der Waals surface area contributed by atoms with Crippen molar-refractivity contribution in [2.45, 2.75) is 50.7 Å². The summed E-state index contributed by atoms with van der Waals surface area (Å²) in [5.74, 6) is -0.0512. The molecule has 0 radical (unpaired) electrons. The second-order valence-electron chi connectivity index (χ2n) is 5.12. The molecule has 1 aromatic rings. The number of rotatable bonds is 4. The van der Waals surface area contributed by atoms with Crippen LogP contribution in [-0.2, 0) is 4.74 Å². The number of carbonyl (C=O) groups excluding carboxylic acids is 1. The third kappa shape index (κ3) is 2.84. The van der Waals surface area contributed by atoms with E-state index >= 15 is 0 Å². The summed E-state index contributed by atoms with van der Waals surface area (Å²) in [5.41, 5.74) is 0.378. The van der Waals surface area contributed by atoms with E-state index in [0.717, 1.165) is 38.5 Å². The van der Waals surface area contributed by atoms with Crippen molar-refractivity contribution in [1.82, 2.24) is 4.98 Å². The summed E-state index contributed by atoms with van der Waals surface area (Å²) in [6, 6.07) is 3.22. The Balaban J connectivity index is 1.75. The van der Waals surface area contributed by atoms with Gasteiger partial charge in [-0.05, 0) is 50.7 Å². The Morgan fingerprint density at radius 1 is 1.16 bits per heavy atom. The first-order valence-corrected chi connectivity index (χ1v) is 7.14. The van der Waals surface area contributed by atoms with Crippen molar-refractivity contribution in [3.8, 4) is 5.88 Å². The van der Waals surface area contributed by atoms with Gasteiger partial charge in [-0.15, -0.1) is 0 Å². The molecule has 0 atom stereocenters. The number of pyridine rings is 1. The molecule has 5 heteroatoms. The van der Waals surface area contributed by atoms with E-state index in [1.807, 2.05) is 0 Å². The number of carbonyl (C=O) groups is 1. The number of halogens is 1. The van der Waals surface area contributed by atoms with Crippen LogP contribution in [0.4, 0.5) is 0 Å². The molecule has 102 valence electrons. The standard InChI is InChI=1S/C14H16ClNO3/c15-12-8-7-11(14(17)19-10-5-2-6-10)13(16-12)18-9-3-1-4-9/h7-10H,1-6H2. The smallest absolute Gasteiger partial charge is 0.343 e. The fraction of sp³-hybridized carbons (Fsp3) is 0.571. The van der Waals surface area contributed by atoms with Crippen LogP contribution in [0, 0.1) is 0 Å². The Hall–Kier alpha value is -1.29. The Morgan fingerprint density at radius 3 is 2.42 bits per heavy atom. The lowest BCUT2D eigenvalue weighted by Crippen LogP contribution is -2.28. The Morgan fingerprint density at radius 2 is 1.84 bits per heavy atom. The third-order valence-electron chi connectivity index (χ3n) is 3.70. The minimum atomic E-state index is -0.358. The molecule has 0 bridgehead atoms. The van der Waals surface area contributed by atoms with E-state index in [0.29, 0.717) is 16.6 Å². The fourth-order valence-electron chi connectivity index (χ4n) is 2.01. The van der Waals surface area contributed by atoms with Gasteiger partial charge in [0.05, 0.1) is 0 Å². The molecule has 0 spiro atoms. The number of esters is 1. The summed E-state index contributed by atoms with van der Waals surface area (Å²) >= 11 is 5.87. The Bertz CT molecular complexity index is 484. The molecule has 0 aliphatic heterocycles. The quantitative estimate of drug-likeness (QED) is 0.627. The van der Waals surface area contributed by atoms with Crippen LogP contribution in [0.1, 0.15) is 48.9 Å². The topological polar surface area (TPSA) is 48.4 Å². The van der Waals surface area contributed by atoms with Crippen LogP contribution >= 0.6 is 11.6 Å². The normalized spacial score (nSPS) is 19.4. The summed E-state index contributed by atoms with van der Waals surface area (Å²) in [5, 5.41) is 0.328. The minimum Gasteiger partial charge on any atom is -0.474 e. The summed E-state index contributed by atoms with van der Waals surface area (Å²) < 4.78 is 11.1. The van der Waals surface area contributed by atoms with Gasteiger partial charge in [0, 0.05) is 0 Å². The maximum atomic E-state index is 12.1. The van der Waals surface area contributed by atoms with E-state index in [-0.39, 0.29) is 18.2 Å². The molecule has 0 amide bonds. The number of aromatic nitrogens is 1. The predicted molar refractivity (Wildman–Crippen MR) is 70.6 cm³/mol. The van der Waals surface area contributed by atoms with Crippen LogP contribution < -0.4 is 4.74 Å². The molecule has 2 aliphatic carbocycles. The van der Waals surface area contributed by atoms with Crippen molar-refractivity contribution in [3.05, 3.63) is 22.8 Å². The lowest BCUT2D eigenvalue weighted by atomic mass is 9.96. The molecular weight excluding hydrogens is 266 g/mol. The number of hydrogen-bond acceptors (Lipinski definition) is 4. The predicted octanol–water partition coefficient (Wildman–Crippen LogP) is 3.38. The lowest BCUT2D eigenvalue weighted by Gasteiger charge is -2.28. The Kier molecular flexibility index (Phi) is 3.60. The summed E-state index contributed by atoms with van der Waals surface area (Å²) in [7, 11) is 0. The zero-order valence-electron chi connectivity index (χ0n) is 10.6. The molecule has 3 rings (SSSR count). The minimum absolute atomic E-state index is 0.0553. The van der Waals surface area contributed by atoms with Crippen molar-refractivity contribution in [3.63, 3.8) is 0 Å². The average molecular weight is 282 g/mol. The van der Waals surface area contributed by atoms with Crippen molar-refractivity contribution < 1.29 is 14.3 Å². The maximum absolute atomic E-state index is 12.1. The van der Waals surface area contributed by atoms with Gasteiger partial charge in [0.1, 0.15) is 22.9 Å². The first kappa shape index (κ1) is 12.7. The van der Waals surface area contributed by atoms with Crippen LogP contribution in [0.2, 0.25) is 5.15 Å². The summed E-state index contributed by atoms with van der Waals surface area (Å²) in [6.07, 6.45) is 6.41. The number of ether oxygens (including phenoxy) is 2. The fourth-order valence-corrected chi connectivity index (χ4v) is 2.15. The average Bonchev–Trinajstić information content (AvgIpc) is 2.28. The zero-order valence-corrected chi connectivity index (χ0v) is 11.4. The van der Waals surface area contributed by atoms with E-state index in [2.05, 4.69) is 4.98 Å². The first-order chi connectivity index (χ1) is 9.22. The van der Waals surface area contributed by atoms with Gasteiger partial charge in [-0.1, -0.05) is 11.6 Å².